The van der Waals surface area contributed by atoms with Crippen molar-refractivity contribution in [2.75, 3.05) is 5.32 Å². The van der Waals surface area contributed by atoms with Crippen LogP contribution in [0.2, 0.25) is 0 Å². The molecular formula is C21H14FNO3. The van der Waals surface area contributed by atoms with Gasteiger partial charge in [0, 0.05) is 11.3 Å². The van der Waals surface area contributed by atoms with E-state index in [4.69, 9.17) is 4.42 Å². The maximum atomic E-state index is 13.2. The molecule has 0 amide bonds. The summed E-state index contributed by atoms with van der Waals surface area (Å²) in [7, 11) is 0. The van der Waals surface area contributed by atoms with Crippen LogP contribution in [0, 0.1) is 5.82 Å². The number of para-hydroxylation sites is 2. The number of aromatic hydroxyl groups is 1. The van der Waals surface area contributed by atoms with Crippen LogP contribution in [0.15, 0.2) is 82.0 Å². The molecule has 4 rings (SSSR count). The summed E-state index contributed by atoms with van der Waals surface area (Å²) in [6.45, 7) is 0. The molecule has 1 aromatic heterocycles. The molecule has 0 radical (unpaired) electrons. The Kier molecular flexibility index (Phi) is 3.89. The van der Waals surface area contributed by atoms with Crippen LogP contribution in [0.1, 0.15) is 0 Å². The van der Waals surface area contributed by atoms with Crippen LogP contribution >= 0.6 is 0 Å². The summed E-state index contributed by atoms with van der Waals surface area (Å²) in [6, 6.07) is 20.1. The first-order valence-corrected chi connectivity index (χ1v) is 8.00. The van der Waals surface area contributed by atoms with Crippen molar-refractivity contribution in [3.63, 3.8) is 0 Å². The van der Waals surface area contributed by atoms with Crippen LogP contribution in [0.4, 0.5) is 15.8 Å². The van der Waals surface area contributed by atoms with Crippen LogP contribution in [0.5, 0.6) is 5.75 Å². The van der Waals surface area contributed by atoms with Crippen LogP contribution in [-0.4, -0.2) is 5.11 Å². The molecule has 0 unspecified atom stereocenters. The summed E-state index contributed by atoms with van der Waals surface area (Å²) in [4.78, 5) is 12.3. The fraction of sp³-hybridized carbons (Fsp3) is 0. The second kappa shape index (κ2) is 6.37. The fourth-order valence-corrected chi connectivity index (χ4v) is 2.85. The zero-order chi connectivity index (χ0) is 18.1. The molecule has 0 saturated carbocycles. The lowest BCUT2D eigenvalue weighted by Crippen LogP contribution is -2.08. The van der Waals surface area contributed by atoms with E-state index >= 15 is 0 Å². The number of nitrogens with one attached hydrogen (secondary N) is 1. The van der Waals surface area contributed by atoms with Crippen molar-refractivity contribution in [2.24, 2.45) is 0 Å². The molecule has 3 aromatic carbocycles. The van der Waals surface area contributed by atoms with E-state index in [1.54, 1.807) is 48.5 Å². The van der Waals surface area contributed by atoms with Gasteiger partial charge in [-0.05, 0) is 35.9 Å². The molecular weight excluding hydrogens is 333 g/mol. The van der Waals surface area contributed by atoms with Gasteiger partial charge in [0.1, 0.15) is 11.4 Å². The van der Waals surface area contributed by atoms with Crippen molar-refractivity contribution >= 4 is 22.3 Å². The lowest BCUT2D eigenvalue weighted by atomic mass is 10.0. The third-order valence-corrected chi connectivity index (χ3v) is 4.13. The van der Waals surface area contributed by atoms with Crippen LogP contribution < -0.4 is 10.9 Å². The summed E-state index contributed by atoms with van der Waals surface area (Å²) in [5, 5.41) is 13.9. The molecule has 0 aliphatic carbocycles. The standard InChI is InChI=1S/C21H14FNO3/c22-14-11-9-13(10-12-14)15-5-1-3-7-17(15)23-19-20(24)16-6-2-4-8-18(16)26-21(19)25/h1-12,23-24H. The zero-order valence-electron chi connectivity index (χ0n) is 13.6. The molecule has 0 aliphatic rings. The molecule has 5 heteroatoms. The van der Waals surface area contributed by atoms with Crippen molar-refractivity contribution in [3.8, 4) is 16.9 Å². The van der Waals surface area contributed by atoms with Crippen molar-refractivity contribution < 1.29 is 13.9 Å². The second-order valence-electron chi connectivity index (χ2n) is 5.79. The lowest BCUT2D eigenvalue weighted by Gasteiger charge is -2.13. The lowest BCUT2D eigenvalue weighted by molar-refractivity contribution is 0.472. The number of fused-ring (bicyclic) bond motifs is 1. The Bertz CT molecular complexity index is 1150. The van der Waals surface area contributed by atoms with Gasteiger partial charge >= 0.3 is 5.63 Å². The highest BCUT2D eigenvalue weighted by atomic mass is 19.1. The number of benzene rings is 3. The maximum absolute atomic E-state index is 13.2. The van der Waals surface area contributed by atoms with Gasteiger partial charge in [0.15, 0.2) is 11.4 Å². The van der Waals surface area contributed by atoms with Crippen molar-refractivity contribution in [1.82, 2.24) is 0 Å². The van der Waals surface area contributed by atoms with Crippen molar-refractivity contribution in [3.05, 3.63) is 89.0 Å². The first-order chi connectivity index (χ1) is 12.6. The Balaban J connectivity index is 1.83. The Morgan fingerprint density at radius 1 is 0.885 bits per heavy atom. The van der Waals surface area contributed by atoms with Crippen LogP contribution in [-0.2, 0) is 0 Å². The van der Waals surface area contributed by atoms with Crippen LogP contribution in [0.25, 0.3) is 22.1 Å². The smallest absolute Gasteiger partial charge is 0.364 e. The van der Waals surface area contributed by atoms with E-state index in [-0.39, 0.29) is 17.3 Å². The van der Waals surface area contributed by atoms with Crippen LogP contribution in [0.3, 0.4) is 0 Å². The fourth-order valence-electron chi connectivity index (χ4n) is 2.85. The highest BCUT2D eigenvalue weighted by molar-refractivity contribution is 5.90. The first kappa shape index (κ1) is 15.9. The number of rotatable bonds is 3. The van der Waals surface area contributed by atoms with Gasteiger partial charge in [0.25, 0.3) is 0 Å². The van der Waals surface area contributed by atoms with Gasteiger partial charge in [-0.3, -0.25) is 0 Å². The predicted octanol–water partition coefficient (Wildman–Crippen LogP) is 5.05. The Morgan fingerprint density at radius 3 is 2.38 bits per heavy atom. The topological polar surface area (TPSA) is 62.5 Å². The zero-order valence-corrected chi connectivity index (χ0v) is 13.6. The molecule has 0 spiro atoms. The van der Waals surface area contributed by atoms with E-state index in [1.807, 2.05) is 12.1 Å². The van der Waals surface area contributed by atoms with E-state index in [9.17, 15) is 14.3 Å². The summed E-state index contributed by atoms with van der Waals surface area (Å²) in [5.41, 5.74) is 1.73. The predicted molar refractivity (Wildman–Crippen MR) is 99.3 cm³/mol. The quantitative estimate of drug-likeness (QED) is 0.509. The summed E-state index contributed by atoms with van der Waals surface area (Å²) >= 11 is 0. The van der Waals surface area contributed by atoms with Gasteiger partial charge in [0.05, 0.1) is 5.39 Å². The van der Waals surface area contributed by atoms with Gasteiger partial charge in [-0.1, -0.05) is 42.5 Å². The van der Waals surface area contributed by atoms with Gasteiger partial charge in [0.2, 0.25) is 0 Å². The highest BCUT2D eigenvalue weighted by Crippen LogP contribution is 2.35. The minimum atomic E-state index is -0.671. The normalized spacial score (nSPS) is 10.8. The summed E-state index contributed by atoms with van der Waals surface area (Å²) in [5.74, 6) is -0.502. The molecule has 4 nitrogen and oxygen atoms in total. The van der Waals surface area contributed by atoms with E-state index in [1.165, 1.54) is 12.1 Å². The maximum Gasteiger partial charge on any atom is 0.364 e. The van der Waals surface area contributed by atoms with E-state index in [0.717, 1.165) is 11.1 Å². The minimum absolute atomic E-state index is 0.0433. The molecule has 2 N–H and O–H groups in total. The average Bonchev–Trinajstić information content (AvgIpc) is 2.66. The number of hydrogen-bond acceptors (Lipinski definition) is 4. The first-order valence-electron chi connectivity index (χ1n) is 8.00. The second-order valence-corrected chi connectivity index (χ2v) is 5.79. The monoisotopic (exact) mass is 347 g/mol. The number of halogens is 1. The van der Waals surface area contributed by atoms with Gasteiger partial charge in [-0.25, -0.2) is 9.18 Å². The average molecular weight is 347 g/mol. The third-order valence-electron chi connectivity index (χ3n) is 4.13. The molecule has 0 atom stereocenters. The molecule has 0 aliphatic heterocycles. The molecule has 0 saturated heterocycles. The van der Waals surface area contributed by atoms with Gasteiger partial charge in [-0.2, -0.15) is 0 Å². The Morgan fingerprint density at radius 2 is 1.58 bits per heavy atom. The molecule has 4 aromatic rings. The van der Waals surface area contributed by atoms with E-state index < -0.39 is 5.63 Å². The van der Waals surface area contributed by atoms with E-state index in [0.29, 0.717) is 16.7 Å². The number of hydrogen-bond donors (Lipinski definition) is 2. The summed E-state index contributed by atoms with van der Waals surface area (Å²) in [6.07, 6.45) is 0. The molecule has 0 bridgehead atoms. The molecule has 26 heavy (non-hydrogen) atoms. The Labute approximate surface area is 148 Å². The third kappa shape index (κ3) is 2.80. The Hall–Kier alpha value is -3.60. The SMILES string of the molecule is O=c1oc2ccccc2c(O)c1Nc1ccccc1-c1ccc(F)cc1. The summed E-state index contributed by atoms with van der Waals surface area (Å²) < 4.78 is 18.5. The molecule has 128 valence electrons. The van der Waals surface area contributed by atoms with Crippen molar-refractivity contribution in [2.45, 2.75) is 0 Å². The molecule has 0 fully saturated rings. The van der Waals surface area contributed by atoms with Crippen molar-refractivity contribution in [1.29, 1.82) is 0 Å². The van der Waals surface area contributed by atoms with Gasteiger partial charge < -0.3 is 14.8 Å². The van der Waals surface area contributed by atoms with Gasteiger partial charge in [-0.15, -0.1) is 0 Å². The molecule has 1 heterocycles. The minimum Gasteiger partial charge on any atom is -0.505 e. The van der Waals surface area contributed by atoms with E-state index in [2.05, 4.69) is 5.32 Å². The largest absolute Gasteiger partial charge is 0.505 e. The number of anilines is 2. The highest BCUT2D eigenvalue weighted by Gasteiger charge is 2.15.